The first-order chi connectivity index (χ1) is 60.8. The van der Waals surface area contributed by atoms with E-state index < -0.39 is 163 Å². The average Bonchev–Trinajstić information content (AvgIpc) is 0.748. The van der Waals surface area contributed by atoms with Gasteiger partial charge < -0.3 is 18.3 Å². The molecule has 0 amide bonds. The van der Waals surface area contributed by atoms with Gasteiger partial charge >= 0.3 is 0 Å². The Labute approximate surface area is 655 Å². The molecule has 14 aromatic carbocycles. The number of rotatable bonds is 11. The zero-order valence-electron chi connectivity index (χ0n) is 80.6. The summed E-state index contributed by atoms with van der Waals surface area (Å²) in [4.78, 5) is 4.89. The molecule has 104 heavy (non-hydrogen) atoms. The molecular formula is C96H68N4O2PtSi-2. The Morgan fingerprint density at radius 2 is 1.09 bits per heavy atom. The van der Waals surface area contributed by atoms with Crippen molar-refractivity contribution in [2.45, 2.75) is 39.9 Å². The molecule has 0 unspecified atom stereocenters. The van der Waals surface area contributed by atoms with Crippen LogP contribution in [-0.2, 0) is 26.5 Å². The third-order valence-corrected chi connectivity index (χ3v) is 23.4. The molecule has 19 rings (SSSR count). The molecule has 1 aliphatic rings. The number of benzene rings is 14. The Morgan fingerprint density at radius 1 is 0.471 bits per heavy atom. The maximum atomic E-state index is 11.0. The number of hydrogen-bond acceptors (Lipinski definition) is 3. The summed E-state index contributed by atoms with van der Waals surface area (Å²) in [7, 11) is -6.37. The van der Waals surface area contributed by atoms with E-state index in [-0.39, 0.29) is 76.9 Å². The van der Waals surface area contributed by atoms with Gasteiger partial charge in [0.25, 0.3) is 6.33 Å². The Bertz CT molecular complexity index is 7620. The number of pyridine rings is 1. The molecule has 18 aromatic rings. The predicted octanol–water partition coefficient (Wildman–Crippen LogP) is 21.1. The standard InChI is InChI=1S/C96H68N4O2Si.Pt/c1-62-25-21-26-63(2)93(62)83-42-24-41-82-84-54-65(64-27-22-36-75(53-64)103(72-30-9-6-10-31-72,73-32-11-7-12-33-73)74-34-13-8-14-35-74)45-48-78(84)76-37-15-16-38-77(76)86-56-67(66-46-50-91-85(55-66)81-40-18-20-44-90(81)102-91)57-89-95(86)99(94(82)83)61-98(89)69-28-23-29-70(59-69)101-71-47-49-80-79-39-17-19-43-87(79)100(88(80)60-71)92-58-68(51-52-97-92)96(3,4)5;/h6-58H,1-5H3;/q-2;/i1D3,2D3,6D,7D,8D,9D,10D,11D,12D,13D,14D,22D,27D,30D,31D,32D,33D,34D,35D,36D,53D;. The molecule has 0 fully saturated rings. The first-order valence-corrected chi connectivity index (χ1v) is 35.3. The van der Waals surface area contributed by atoms with Gasteiger partial charge in [0, 0.05) is 63.3 Å². The van der Waals surface area contributed by atoms with Crippen molar-refractivity contribution in [3.63, 3.8) is 0 Å². The summed E-state index contributed by atoms with van der Waals surface area (Å²) in [5.41, 5.74) is 7.03. The number of hydrogen-bond donors (Lipinski definition) is 0. The van der Waals surface area contributed by atoms with Crippen LogP contribution < -0.4 is 30.1 Å². The number of ether oxygens (including phenoxy) is 1. The zero-order chi connectivity index (χ0) is 90.6. The van der Waals surface area contributed by atoms with Gasteiger partial charge in [-0.25, -0.2) is 4.98 Å². The van der Waals surface area contributed by atoms with Gasteiger partial charge in [-0.2, -0.15) is 18.2 Å². The fourth-order valence-electron chi connectivity index (χ4n) is 14.7. The van der Waals surface area contributed by atoms with Crippen LogP contribution in [0.1, 0.15) is 71.7 Å². The van der Waals surface area contributed by atoms with Crippen LogP contribution in [0.2, 0.25) is 0 Å². The summed E-state index contributed by atoms with van der Waals surface area (Å²) in [6.45, 7) is 0.370. The molecule has 0 radical (unpaired) electrons. The van der Waals surface area contributed by atoms with Crippen LogP contribution in [0.15, 0.2) is 326 Å². The molecule has 8 heteroatoms. The largest absolute Gasteiger partial charge is 0.510 e. The molecule has 0 spiro atoms. The van der Waals surface area contributed by atoms with Gasteiger partial charge in [0.15, 0.2) is 8.07 Å². The number of imidazole rings is 1. The van der Waals surface area contributed by atoms with Gasteiger partial charge in [-0.1, -0.05) is 262 Å². The van der Waals surface area contributed by atoms with Crippen molar-refractivity contribution in [2.24, 2.45) is 0 Å². The monoisotopic (exact) mass is 1560 g/mol. The van der Waals surface area contributed by atoms with Crippen molar-refractivity contribution >= 4 is 83.6 Å². The molecule has 0 bridgehead atoms. The molecule has 0 saturated heterocycles. The predicted molar refractivity (Wildman–Crippen MR) is 425 cm³/mol. The molecule has 0 N–H and O–H groups in total. The van der Waals surface area contributed by atoms with Crippen LogP contribution in [0.4, 0.5) is 0 Å². The number of aryl methyl sites for hydroxylation is 2. The van der Waals surface area contributed by atoms with Gasteiger partial charge in [-0.15, -0.1) is 29.7 Å². The Hall–Kier alpha value is -12.0. The van der Waals surface area contributed by atoms with Gasteiger partial charge in [0.2, 0.25) is 0 Å². The van der Waals surface area contributed by atoms with Crippen molar-refractivity contribution in [1.82, 2.24) is 14.1 Å². The van der Waals surface area contributed by atoms with Gasteiger partial charge in [0.1, 0.15) is 17.0 Å². The Balaban J connectivity index is 0.0000112. The maximum Gasteiger partial charge on any atom is 0.268 e. The fraction of sp³-hybridized carbons (Fsp3) is 0.0625. The number of aromatic nitrogens is 4. The molecule has 5 heterocycles. The summed E-state index contributed by atoms with van der Waals surface area (Å²) in [5.74, 6) is 1.21. The summed E-state index contributed by atoms with van der Waals surface area (Å²) in [6.07, 6.45) is 5.52. The number of nitrogens with zero attached hydrogens (tertiary/aromatic N) is 4. The molecule has 500 valence electrons. The van der Waals surface area contributed by atoms with E-state index in [9.17, 15) is 30.2 Å². The van der Waals surface area contributed by atoms with E-state index in [1.54, 1.807) is 63.9 Å². The number of para-hydroxylation sites is 3. The maximum absolute atomic E-state index is 11.0. The van der Waals surface area contributed by atoms with Crippen LogP contribution in [0.25, 0.3) is 139 Å². The van der Waals surface area contributed by atoms with Crippen molar-refractivity contribution in [3.05, 3.63) is 356 Å². The topological polar surface area (TPSA) is 49.0 Å². The quantitative estimate of drug-likeness (QED) is 0.0561. The van der Waals surface area contributed by atoms with E-state index in [1.165, 1.54) is 30.3 Å². The summed E-state index contributed by atoms with van der Waals surface area (Å²) in [6, 6.07) is 45.7. The van der Waals surface area contributed by atoms with E-state index in [0.717, 1.165) is 38.2 Å². The summed E-state index contributed by atoms with van der Waals surface area (Å²) >= 11 is 0. The molecule has 0 aliphatic carbocycles. The van der Waals surface area contributed by atoms with Crippen molar-refractivity contribution in [3.8, 4) is 95.5 Å². The first-order valence-electron chi connectivity index (χ1n) is 45.8. The smallest absolute Gasteiger partial charge is 0.268 e. The number of fused-ring (bicyclic) bond motifs is 13. The SMILES string of the molecule is [2H]c1c([2H])c([2H])c([Si](c2c([2H])c([2H])c([2H])c([2H])c2[2H])(c2c([2H])c([2H])c([2H])c([2H])c2[2H])c2c([2H])c([2H])c([2H])c(-c3ccc4c(c3)-c3cccc(-c5c(C([2H])([2H])[2H])cccc5C([2H])([2H])[2H])c3-[n+]3[c-]n(-c5[c-]c(Oc6[c-]c7c(cc6)c6ccccc6n7-c6cc(C(C)(C)C)ccn6)ccc5)c5cc(-c6ccc7oc8ccccc8c7c6)cc(c53)-c3ccccc3-4)c2[2H])c([2H])c1[2H].[Pt]. The molecule has 6 nitrogen and oxygen atoms in total. The minimum atomic E-state index is -6.37. The van der Waals surface area contributed by atoms with E-state index >= 15 is 0 Å². The van der Waals surface area contributed by atoms with Crippen molar-refractivity contribution in [1.29, 1.82) is 0 Å². The van der Waals surface area contributed by atoms with E-state index in [4.69, 9.17) is 18.3 Å². The molecule has 0 saturated carbocycles. The second-order valence-electron chi connectivity index (χ2n) is 26.3. The van der Waals surface area contributed by atoms with Crippen LogP contribution in [0.5, 0.6) is 11.5 Å². The average molecular weight is 1560 g/mol. The minimum Gasteiger partial charge on any atom is -0.510 e. The third kappa shape index (κ3) is 10.5. The number of furan rings is 1. The molecule has 4 aromatic heterocycles. The van der Waals surface area contributed by atoms with Crippen LogP contribution >= 0.6 is 0 Å². The minimum absolute atomic E-state index is 0. The normalized spacial score (nSPS) is 15.7. The van der Waals surface area contributed by atoms with E-state index in [2.05, 4.69) is 49.9 Å². The van der Waals surface area contributed by atoms with Gasteiger partial charge in [-0.05, 0) is 183 Å². The molecule has 0 atom stereocenters. The van der Waals surface area contributed by atoms with Gasteiger partial charge in [-0.3, -0.25) is 4.57 Å². The molecular weight excluding hydrogens is 1460 g/mol. The Kier molecular flexibility index (Phi) is 10.4. The van der Waals surface area contributed by atoms with Crippen LogP contribution in [0.3, 0.4) is 0 Å². The van der Waals surface area contributed by atoms with E-state index in [0.29, 0.717) is 72.8 Å². The van der Waals surface area contributed by atoms with Crippen molar-refractivity contribution in [2.75, 3.05) is 0 Å². The Morgan fingerprint density at radius 3 is 1.84 bits per heavy atom. The summed E-state index contributed by atoms with van der Waals surface area (Å²) in [5, 5.41) is -0.564. The summed E-state index contributed by atoms with van der Waals surface area (Å²) < 4.78 is 257. The third-order valence-electron chi connectivity index (χ3n) is 19.4. The van der Waals surface area contributed by atoms with Crippen molar-refractivity contribution < 1.29 is 69.1 Å². The molecule has 1 aliphatic heterocycles. The second kappa shape index (κ2) is 25.5. The van der Waals surface area contributed by atoms with E-state index in [1.807, 2.05) is 115 Å². The first kappa shape index (κ1) is 42.4. The van der Waals surface area contributed by atoms with Crippen LogP contribution in [-0.4, -0.2) is 22.2 Å². The van der Waals surface area contributed by atoms with Gasteiger partial charge in [0.05, 0.1) is 42.8 Å². The second-order valence-corrected chi connectivity index (χ2v) is 29.8. The van der Waals surface area contributed by atoms with Crippen LogP contribution in [0, 0.1) is 32.2 Å². The fourth-order valence-corrected chi connectivity index (χ4v) is 18.2. The zero-order valence-corrected chi connectivity index (χ0v) is 58.8.